The first-order chi connectivity index (χ1) is 11.1. The van der Waals surface area contributed by atoms with Crippen LogP contribution in [-0.2, 0) is 0 Å². The maximum absolute atomic E-state index is 12.8. The lowest BCUT2D eigenvalue weighted by molar-refractivity contribution is 0.188. The Labute approximate surface area is 141 Å². The molecule has 2 aromatic heterocycles. The molecular formula is C17H24N4OS. The molecule has 3 heterocycles. The highest BCUT2D eigenvalue weighted by Gasteiger charge is 2.33. The Hall–Kier alpha value is -1.82. The summed E-state index contributed by atoms with van der Waals surface area (Å²) < 4.78 is 0. The van der Waals surface area contributed by atoms with Gasteiger partial charge in [0.15, 0.2) is 0 Å². The van der Waals surface area contributed by atoms with Crippen molar-refractivity contribution in [1.29, 1.82) is 0 Å². The Kier molecular flexibility index (Phi) is 4.71. The molecule has 2 unspecified atom stereocenters. The number of hydrogen-bond acceptors (Lipinski definition) is 3. The number of aryl methyl sites for hydroxylation is 2. The van der Waals surface area contributed by atoms with E-state index in [2.05, 4.69) is 33.9 Å². The van der Waals surface area contributed by atoms with Gasteiger partial charge in [-0.15, -0.1) is 11.3 Å². The zero-order valence-corrected chi connectivity index (χ0v) is 14.7. The number of urea groups is 1. The number of aromatic amines is 1. The second-order valence-electron chi connectivity index (χ2n) is 6.12. The molecule has 1 aliphatic heterocycles. The maximum atomic E-state index is 12.8. The number of nitrogens with zero attached hydrogens (tertiary/aromatic N) is 2. The number of H-pyrrole nitrogens is 1. The molecule has 2 atom stereocenters. The number of carbonyl (C=O) groups is 1. The van der Waals surface area contributed by atoms with E-state index in [1.54, 1.807) is 11.3 Å². The van der Waals surface area contributed by atoms with Gasteiger partial charge < -0.3 is 10.2 Å². The number of hydrogen-bond donors (Lipinski definition) is 2. The van der Waals surface area contributed by atoms with Gasteiger partial charge in [0, 0.05) is 22.7 Å². The van der Waals surface area contributed by atoms with Crippen molar-refractivity contribution in [1.82, 2.24) is 20.4 Å². The van der Waals surface area contributed by atoms with Gasteiger partial charge in [0.05, 0.1) is 17.8 Å². The predicted octanol–water partition coefficient (Wildman–Crippen LogP) is 4.09. The minimum Gasteiger partial charge on any atom is -0.330 e. The van der Waals surface area contributed by atoms with Crippen LogP contribution in [0.1, 0.15) is 60.1 Å². The van der Waals surface area contributed by atoms with Crippen LogP contribution in [0.4, 0.5) is 4.79 Å². The van der Waals surface area contributed by atoms with Crippen LogP contribution < -0.4 is 5.32 Å². The van der Waals surface area contributed by atoms with Gasteiger partial charge >= 0.3 is 6.03 Å². The third kappa shape index (κ3) is 3.13. The lowest BCUT2D eigenvalue weighted by Crippen LogP contribution is -2.41. The highest BCUT2D eigenvalue weighted by Crippen LogP contribution is 2.35. The highest BCUT2D eigenvalue weighted by molar-refractivity contribution is 7.10. The van der Waals surface area contributed by atoms with Crippen molar-refractivity contribution in [3.63, 3.8) is 0 Å². The fraction of sp³-hybridized carbons (Fsp3) is 0.529. The number of thiophene rings is 1. The number of nitrogens with one attached hydrogen (secondary N) is 2. The molecule has 1 aliphatic rings. The predicted molar refractivity (Wildman–Crippen MR) is 92.6 cm³/mol. The number of amides is 2. The summed E-state index contributed by atoms with van der Waals surface area (Å²) in [4.78, 5) is 16.0. The summed E-state index contributed by atoms with van der Waals surface area (Å²) in [6.45, 7) is 6.95. The molecule has 2 aromatic rings. The number of rotatable bonds is 4. The summed E-state index contributed by atoms with van der Waals surface area (Å²) in [6.07, 6.45) is 2.94. The van der Waals surface area contributed by atoms with E-state index in [9.17, 15) is 4.79 Å². The highest BCUT2D eigenvalue weighted by atomic mass is 32.1. The van der Waals surface area contributed by atoms with Crippen LogP contribution >= 0.6 is 11.3 Å². The van der Waals surface area contributed by atoms with E-state index < -0.39 is 0 Å². The van der Waals surface area contributed by atoms with Crippen LogP contribution in [0.3, 0.4) is 0 Å². The second-order valence-corrected chi connectivity index (χ2v) is 7.10. The fourth-order valence-corrected chi connectivity index (χ4v) is 4.32. The van der Waals surface area contributed by atoms with E-state index in [1.165, 1.54) is 10.4 Å². The molecule has 3 rings (SSSR count). The Morgan fingerprint density at radius 3 is 3.00 bits per heavy atom. The molecule has 0 aliphatic carbocycles. The van der Waals surface area contributed by atoms with E-state index in [1.807, 2.05) is 24.8 Å². The number of likely N-dealkylation sites (tertiary alicyclic amines) is 1. The van der Waals surface area contributed by atoms with Gasteiger partial charge in [-0.1, -0.05) is 13.0 Å². The molecule has 124 valence electrons. The molecular weight excluding hydrogens is 308 g/mol. The average Bonchev–Trinajstić information content (AvgIpc) is 3.26. The molecule has 5 nitrogen and oxygen atoms in total. The molecule has 23 heavy (non-hydrogen) atoms. The lowest BCUT2D eigenvalue weighted by atomic mass is 10.0. The number of carbonyl (C=O) groups excluding carboxylic acids is 1. The van der Waals surface area contributed by atoms with Crippen LogP contribution in [0.15, 0.2) is 17.5 Å². The summed E-state index contributed by atoms with van der Waals surface area (Å²) in [5.74, 6) is 0. The molecule has 0 spiro atoms. The molecule has 0 aromatic carbocycles. The third-order valence-corrected chi connectivity index (χ3v) is 5.61. The molecule has 0 radical (unpaired) electrons. The molecule has 6 heteroatoms. The normalized spacial score (nSPS) is 19.1. The first kappa shape index (κ1) is 16.1. The second kappa shape index (κ2) is 6.74. The van der Waals surface area contributed by atoms with E-state index >= 15 is 0 Å². The molecule has 0 bridgehead atoms. The Bertz CT molecular complexity index is 645. The van der Waals surface area contributed by atoms with Crippen LogP contribution in [0.25, 0.3) is 0 Å². The molecule has 1 fully saturated rings. The number of aromatic nitrogens is 2. The van der Waals surface area contributed by atoms with Crippen molar-refractivity contribution in [3.05, 3.63) is 39.3 Å². The quantitative estimate of drug-likeness (QED) is 0.886. The summed E-state index contributed by atoms with van der Waals surface area (Å²) in [5.41, 5.74) is 3.25. The zero-order valence-electron chi connectivity index (χ0n) is 13.9. The summed E-state index contributed by atoms with van der Waals surface area (Å²) in [6, 6.07) is 4.38. The van der Waals surface area contributed by atoms with Gasteiger partial charge in [0.1, 0.15) is 0 Å². The standard InChI is InChI=1S/C17H24N4OS/c1-4-13(15-8-6-10-23-15)18-17(22)21-9-5-7-14(21)16-11(2)19-20-12(16)3/h6,8,10,13-14H,4-5,7,9H2,1-3H3,(H,18,22)(H,19,20). The summed E-state index contributed by atoms with van der Waals surface area (Å²) >= 11 is 1.70. The first-order valence-electron chi connectivity index (χ1n) is 8.23. The van der Waals surface area contributed by atoms with Crippen molar-refractivity contribution >= 4 is 17.4 Å². The molecule has 1 saturated heterocycles. The van der Waals surface area contributed by atoms with Gasteiger partial charge in [0.2, 0.25) is 0 Å². The monoisotopic (exact) mass is 332 g/mol. The Morgan fingerprint density at radius 1 is 1.57 bits per heavy atom. The van der Waals surface area contributed by atoms with Gasteiger partial charge in [-0.05, 0) is 44.6 Å². The molecule has 0 saturated carbocycles. The van der Waals surface area contributed by atoms with Crippen molar-refractivity contribution in [2.75, 3.05) is 6.54 Å². The van der Waals surface area contributed by atoms with Crippen LogP contribution in [0, 0.1) is 13.8 Å². The average molecular weight is 332 g/mol. The lowest BCUT2D eigenvalue weighted by Gasteiger charge is -2.27. The van der Waals surface area contributed by atoms with E-state index in [0.717, 1.165) is 37.2 Å². The minimum absolute atomic E-state index is 0.0350. The first-order valence-corrected chi connectivity index (χ1v) is 9.11. The smallest absolute Gasteiger partial charge is 0.318 e. The molecule has 2 amide bonds. The van der Waals surface area contributed by atoms with E-state index in [4.69, 9.17) is 0 Å². The Morgan fingerprint density at radius 2 is 2.39 bits per heavy atom. The fourth-order valence-electron chi connectivity index (χ4n) is 3.46. The Balaban J connectivity index is 1.76. The summed E-state index contributed by atoms with van der Waals surface area (Å²) in [7, 11) is 0. The van der Waals surface area contributed by atoms with Gasteiger partial charge in [0.25, 0.3) is 0 Å². The minimum atomic E-state index is 0.0350. The largest absolute Gasteiger partial charge is 0.330 e. The SMILES string of the molecule is CCC(NC(=O)N1CCCC1c1c(C)n[nH]c1C)c1cccs1. The van der Waals surface area contributed by atoms with Crippen molar-refractivity contribution in [2.24, 2.45) is 0 Å². The van der Waals surface area contributed by atoms with Crippen LogP contribution in [-0.4, -0.2) is 27.7 Å². The summed E-state index contributed by atoms with van der Waals surface area (Å²) in [5, 5.41) is 12.6. The van der Waals surface area contributed by atoms with E-state index in [0.29, 0.717) is 0 Å². The molecule has 2 N–H and O–H groups in total. The maximum Gasteiger partial charge on any atom is 0.318 e. The van der Waals surface area contributed by atoms with Gasteiger partial charge in [-0.2, -0.15) is 5.10 Å². The zero-order chi connectivity index (χ0) is 16.4. The van der Waals surface area contributed by atoms with Crippen LogP contribution in [0.5, 0.6) is 0 Å². The van der Waals surface area contributed by atoms with Crippen LogP contribution in [0.2, 0.25) is 0 Å². The van der Waals surface area contributed by atoms with Crippen molar-refractivity contribution in [3.8, 4) is 0 Å². The third-order valence-electron chi connectivity index (χ3n) is 4.62. The van der Waals surface area contributed by atoms with E-state index in [-0.39, 0.29) is 18.1 Å². The van der Waals surface area contributed by atoms with Gasteiger partial charge in [-0.3, -0.25) is 5.10 Å². The van der Waals surface area contributed by atoms with Crippen molar-refractivity contribution < 1.29 is 4.79 Å². The van der Waals surface area contributed by atoms with Gasteiger partial charge in [-0.25, -0.2) is 4.79 Å². The van der Waals surface area contributed by atoms with Crippen molar-refractivity contribution in [2.45, 2.75) is 52.1 Å². The topological polar surface area (TPSA) is 61.0 Å².